The Morgan fingerprint density at radius 2 is 2.40 bits per heavy atom. The average Bonchev–Trinajstić information content (AvgIpc) is 2.71. The van der Waals surface area contributed by atoms with Crippen LogP contribution in [0.15, 0.2) is 0 Å². The van der Waals surface area contributed by atoms with Crippen molar-refractivity contribution < 1.29 is 14.6 Å². The van der Waals surface area contributed by atoms with Crippen LogP contribution in [-0.2, 0) is 9.53 Å². The molecule has 15 heavy (non-hydrogen) atoms. The summed E-state index contributed by atoms with van der Waals surface area (Å²) in [7, 11) is 0. The van der Waals surface area contributed by atoms with Crippen molar-refractivity contribution in [1.29, 1.82) is 0 Å². The second-order valence-corrected chi connectivity index (χ2v) is 4.70. The van der Waals surface area contributed by atoms with Gasteiger partial charge in [0.15, 0.2) is 0 Å². The Morgan fingerprint density at radius 3 is 2.93 bits per heavy atom. The van der Waals surface area contributed by atoms with E-state index in [9.17, 15) is 9.90 Å². The maximum absolute atomic E-state index is 11.4. The van der Waals surface area contributed by atoms with Gasteiger partial charge in [-0.3, -0.25) is 4.79 Å². The fourth-order valence-corrected chi connectivity index (χ4v) is 2.65. The topological polar surface area (TPSA) is 58.6 Å². The van der Waals surface area contributed by atoms with Gasteiger partial charge < -0.3 is 15.2 Å². The van der Waals surface area contributed by atoms with E-state index in [0.29, 0.717) is 5.92 Å². The third-order valence-corrected chi connectivity index (χ3v) is 3.56. The van der Waals surface area contributed by atoms with Crippen LogP contribution in [0.2, 0.25) is 0 Å². The van der Waals surface area contributed by atoms with E-state index in [2.05, 4.69) is 5.32 Å². The minimum atomic E-state index is -0.686. The summed E-state index contributed by atoms with van der Waals surface area (Å²) in [6.45, 7) is 2.36. The summed E-state index contributed by atoms with van der Waals surface area (Å²) >= 11 is 0. The van der Waals surface area contributed by atoms with Gasteiger partial charge in [0.1, 0.15) is 5.54 Å². The van der Waals surface area contributed by atoms with Crippen molar-refractivity contribution >= 4 is 5.97 Å². The highest BCUT2D eigenvalue weighted by atomic mass is 16.5. The molecule has 4 nitrogen and oxygen atoms in total. The van der Waals surface area contributed by atoms with Gasteiger partial charge >= 0.3 is 5.97 Å². The quantitative estimate of drug-likeness (QED) is 0.734. The van der Waals surface area contributed by atoms with Gasteiger partial charge in [0.05, 0.1) is 0 Å². The van der Waals surface area contributed by atoms with E-state index in [4.69, 9.17) is 4.74 Å². The second-order valence-electron chi connectivity index (χ2n) is 4.70. The maximum atomic E-state index is 11.4. The Balaban J connectivity index is 2.00. The number of rotatable bonds is 3. The molecule has 2 aliphatic heterocycles. The summed E-state index contributed by atoms with van der Waals surface area (Å²) in [5.41, 5.74) is -0.670. The Bertz CT molecular complexity index is 230. The average molecular weight is 213 g/mol. The first kappa shape index (κ1) is 10.9. The molecule has 0 amide bonds. The predicted octanol–water partition coefficient (Wildman–Crippen LogP) is 1.01. The van der Waals surface area contributed by atoms with E-state index >= 15 is 0 Å². The van der Waals surface area contributed by atoms with E-state index in [1.54, 1.807) is 0 Å². The fraction of sp³-hybridized carbons (Fsp3) is 0.909. The lowest BCUT2D eigenvalue weighted by Gasteiger charge is -2.36. The van der Waals surface area contributed by atoms with Gasteiger partial charge in [-0.2, -0.15) is 0 Å². The van der Waals surface area contributed by atoms with Crippen LogP contribution in [0.25, 0.3) is 0 Å². The fourth-order valence-electron chi connectivity index (χ4n) is 2.65. The smallest absolute Gasteiger partial charge is 0.323 e. The van der Waals surface area contributed by atoms with Crippen molar-refractivity contribution in [1.82, 2.24) is 5.32 Å². The van der Waals surface area contributed by atoms with Gasteiger partial charge in [-0.05, 0) is 44.6 Å². The molecule has 0 bridgehead atoms. The van der Waals surface area contributed by atoms with Crippen LogP contribution in [0.4, 0.5) is 0 Å². The number of piperidine rings is 1. The zero-order valence-electron chi connectivity index (χ0n) is 9.00. The first-order chi connectivity index (χ1) is 7.23. The number of hydrogen-bond acceptors (Lipinski definition) is 3. The Morgan fingerprint density at radius 1 is 1.53 bits per heavy atom. The normalized spacial score (nSPS) is 36.7. The molecule has 2 unspecified atom stereocenters. The number of carboxylic acid groups (broad SMARTS) is 1. The molecule has 0 spiro atoms. The van der Waals surface area contributed by atoms with Gasteiger partial charge in [0, 0.05) is 13.2 Å². The first-order valence-electron chi connectivity index (χ1n) is 5.79. The summed E-state index contributed by atoms with van der Waals surface area (Å²) in [6, 6.07) is 0. The summed E-state index contributed by atoms with van der Waals surface area (Å²) in [5.74, 6) is -0.263. The van der Waals surface area contributed by atoms with E-state index in [0.717, 1.165) is 51.9 Å². The number of carbonyl (C=O) groups is 1. The van der Waals surface area contributed by atoms with Crippen LogP contribution in [0.1, 0.15) is 32.1 Å². The van der Waals surface area contributed by atoms with Gasteiger partial charge in [-0.25, -0.2) is 0 Å². The molecule has 2 rings (SSSR count). The van der Waals surface area contributed by atoms with E-state index in [1.165, 1.54) is 0 Å². The number of ether oxygens (including phenoxy) is 1. The van der Waals surface area contributed by atoms with Crippen molar-refractivity contribution in [3.8, 4) is 0 Å². The number of nitrogens with one attached hydrogen (secondary N) is 1. The Hall–Kier alpha value is -0.610. The molecular formula is C11H19NO3. The number of hydrogen-bond donors (Lipinski definition) is 2. The van der Waals surface area contributed by atoms with Crippen LogP contribution in [0.3, 0.4) is 0 Å². The van der Waals surface area contributed by atoms with Gasteiger partial charge in [0.25, 0.3) is 0 Å². The van der Waals surface area contributed by atoms with Gasteiger partial charge in [0.2, 0.25) is 0 Å². The Labute approximate surface area is 90.0 Å². The minimum Gasteiger partial charge on any atom is -0.480 e. The molecule has 0 saturated carbocycles. The predicted molar refractivity (Wildman–Crippen MR) is 55.8 cm³/mol. The van der Waals surface area contributed by atoms with Crippen molar-refractivity contribution in [3.05, 3.63) is 0 Å². The lowest BCUT2D eigenvalue weighted by atomic mass is 9.80. The third-order valence-electron chi connectivity index (χ3n) is 3.56. The largest absolute Gasteiger partial charge is 0.480 e. The third kappa shape index (κ3) is 2.32. The van der Waals surface area contributed by atoms with Crippen molar-refractivity contribution in [2.75, 3.05) is 19.8 Å². The molecule has 0 aliphatic carbocycles. The highest BCUT2D eigenvalue weighted by Crippen LogP contribution is 2.30. The molecule has 2 aliphatic rings. The highest BCUT2D eigenvalue weighted by Gasteiger charge is 2.41. The van der Waals surface area contributed by atoms with Crippen LogP contribution in [0, 0.1) is 5.92 Å². The van der Waals surface area contributed by atoms with Crippen LogP contribution in [-0.4, -0.2) is 36.4 Å². The van der Waals surface area contributed by atoms with Crippen LogP contribution in [0.5, 0.6) is 0 Å². The van der Waals surface area contributed by atoms with Crippen LogP contribution < -0.4 is 5.32 Å². The highest BCUT2D eigenvalue weighted by molar-refractivity contribution is 5.79. The molecule has 2 saturated heterocycles. The van der Waals surface area contributed by atoms with E-state index in [-0.39, 0.29) is 0 Å². The summed E-state index contributed by atoms with van der Waals surface area (Å²) in [6.07, 6.45) is 4.61. The Kier molecular flexibility index (Phi) is 3.26. The zero-order chi connectivity index (χ0) is 10.7. The summed E-state index contributed by atoms with van der Waals surface area (Å²) in [4.78, 5) is 11.4. The first-order valence-corrected chi connectivity index (χ1v) is 5.79. The van der Waals surface area contributed by atoms with Crippen LogP contribution >= 0.6 is 0 Å². The number of aliphatic carboxylic acids is 1. The molecule has 4 heteroatoms. The molecule has 2 atom stereocenters. The summed E-state index contributed by atoms with van der Waals surface area (Å²) < 4.78 is 5.30. The molecule has 86 valence electrons. The second kappa shape index (κ2) is 4.49. The van der Waals surface area contributed by atoms with E-state index < -0.39 is 11.5 Å². The lowest BCUT2D eigenvalue weighted by molar-refractivity contribution is -0.147. The van der Waals surface area contributed by atoms with E-state index in [1.807, 2.05) is 0 Å². The molecule has 0 aromatic rings. The zero-order valence-corrected chi connectivity index (χ0v) is 9.00. The molecule has 0 radical (unpaired) electrons. The van der Waals surface area contributed by atoms with Crippen molar-refractivity contribution in [3.63, 3.8) is 0 Å². The maximum Gasteiger partial charge on any atom is 0.323 e. The molecule has 2 N–H and O–H groups in total. The standard InChI is InChI=1S/C11H19NO3/c13-10(14)11(4-1-2-5-12-11)7-9-3-6-15-8-9/h9,12H,1-8H2,(H,13,14). The molecule has 0 aromatic heterocycles. The van der Waals surface area contributed by atoms with Crippen molar-refractivity contribution in [2.24, 2.45) is 5.92 Å². The lowest BCUT2D eigenvalue weighted by Crippen LogP contribution is -2.55. The molecular weight excluding hydrogens is 194 g/mol. The molecule has 2 heterocycles. The van der Waals surface area contributed by atoms with Gasteiger partial charge in [-0.15, -0.1) is 0 Å². The monoisotopic (exact) mass is 213 g/mol. The number of carboxylic acids is 1. The summed E-state index contributed by atoms with van der Waals surface area (Å²) in [5, 5.41) is 12.5. The molecule has 2 fully saturated rings. The minimum absolute atomic E-state index is 0.423. The SMILES string of the molecule is O=C(O)C1(CC2CCOC2)CCCCN1. The van der Waals surface area contributed by atoms with Crippen molar-refractivity contribution in [2.45, 2.75) is 37.6 Å². The molecule has 0 aromatic carbocycles. The van der Waals surface area contributed by atoms with Gasteiger partial charge in [-0.1, -0.05) is 0 Å².